The molecular formula is C15H23NO. The molecule has 0 heterocycles. The van der Waals surface area contributed by atoms with E-state index in [0.717, 1.165) is 19.6 Å². The Kier molecular flexibility index (Phi) is 5.02. The number of hydrogen-bond donors (Lipinski definition) is 1. The first kappa shape index (κ1) is 12.6. The van der Waals surface area contributed by atoms with Crippen molar-refractivity contribution in [2.24, 2.45) is 0 Å². The van der Waals surface area contributed by atoms with Crippen molar-refractivity contribution >= 4 is 0 Å². The molecule has 0 bridgehead atoms. The number of benzene rings is 1. The standard InChI is InChI=1S/C15H23NO/c1-17-12-6-11-16-15-10-5-3-8-13-7-2-4-9-14(13)15/h2,4,7,9,15-16H,3,5-6,8,10-12H2,1H3. The molecule has 2 rings (SSSR count). The summed E-state index contributed by atoms with van der Waals surface area (Å²) in [7, 11) is 1.76. The smallest absolute Gasteiger partial charge is 0.0474 e. The highest BCUT2D eigenvalue weighted by molar-refractivity contribution is 5.31. The quantitative estimate of drug-likeness (QED) is 0.623. The highest BCUT2D eigenvalue weighted by Crippen LogP contribution is 2.28. The fourth-order valence-electron chi connectivity index (χ4n) is 2.63. The van der Waals surface area contributed by atoms with Gasteiger partial charge >= 0.3 is 0 Å². The summed E-state index contributed by atoms with van der Waals surface area (Å²) < 4.78 is 5.09. The second-order valence-corrected chi connectivity index (χ2v) is 4.80. The van der Waals surface area contributed by atoms with E-state index >= 15 is 0 Å². The van der Waals surface area contributed by atoms with Crippen LogP contribution >= 0.6 is 0 Å². The van der Waals surface area contributed by atoms with E-state index in [2.05, 4.69) is 29.6 Å². The molecular weight excluding hydrogens is 210 g/mol. The Morgan fingerprint density at radius 3 is 3.06 bits per heavy atom. The van der Waals surface area contributed by atoms with Gasteiger partial charge in [-0.15, -0.1) is 0 Å². The Balaban J connectivity index is 1.97. The third-order valence-electron chi connectivity index (χ3n) is 3.54. The third-order valence-corrected chi connectivity index (χ3v) is 3.54. The van der Waals surface area contributed by atoms with Crippen molar-refractivity contribution in [1.82, 2.24) is 5.32 Å². The minimum absolute atomic E-state index is 0.547. The average Bonchev–Trinajstić information content (AvgIpc) is 2.57. The van der Waals surface area contributed by atoms with Crippen LogP contribution in [0.25, 0.3) is 0 Å². The van der Waals surface area contributed by atoms with E-state index in [1.54, 1.807) is 7.11 Å². The molecule has 0 radical (unpaired) electrons. The summed E-state index contributed by atoms with van der Waals surface area (Å²) in [5.41, 5.74) is 3.05. The molecule has 1 atom stereocenters. The molecule has 1 N–H and O–H groups in total. The Morgan fingerprint density at radius 2 is 2.18 bits per heavy atom. The zero-order valence-corrected chi connectivity index (χ0v) is 10.7. The van der Waals surface area contributed by atoms with Gasteiger partial charge in [0.15, 0.2) is 0 Å². The molecule has 1 unspecified atom stereocenters. The lowest BCUT2D eigenvalue weighted by molar-refractivity contribution is 0.193. The van der Waals surface area contributed by atoms with E-state index in [1.165, 1.54) is 36.8 Å². The average molecular weight is 233 g/mol. The Bertz CT molecular complexity index is 337. The predicted octanol–water partition coefficient (Wildman–Crippen LogP) is 3.08. The second-order valence-electron chi connectivity index (χ2n) is 4.80. The first-order valence-electron chi connectivity index (χ1n) is 6.72. The number of rotatable bonds is 5. The first-order valence-corrected chi connectivity index (χ1v) is 6.72. The van der Waals surface area contributed by atoms with E-state index in [0.29, 0.717) is 6.04 Å². The van der Waals surface area contributed by atoms with Crippen molar-refractivity contribution in [2.45, 2.75) is 38.1 Å². The minimum atomic E-state index is 0.547. The molecule has 0 aromatic heterocycles. The molecule has 0 spiro atoms. The monoisotopic (exact) mass is 233 g/mol. The van der Waals surface area contributed by atoms with Gasteiger partial charge in [0.1, 0.15) is 0 Å². The van der Waals surface area contributed by atoms with Crippen LogP contribution in [-0.2, 0) is 11.2 Å². The summed E-state index contributed by atoms with van der Waals surface area (Å²) in [5, 5.41) is 3.67. The first-order chi connectivity index (χ1) is 8.42. The summed E-state index contributed by atoms with van der Waals surface area (Å²) >= 11 is 0. The van der Waals surface area contributed by atoms with Gasteiger partial charge < -0.3 is 10.1 Å². The van der Waals surface area contributed by atoms with Crippen LogP contribution in [0, 0.1) is 0 Å². The van der Waals surface area contributed by atoms with Crippen molar-refractivity contribution in [3.8, 4) is 0 Å². The number of hydrogen-bond acceptors (Lipinski definition) is 2. The maximum Gasteiger partial charge on any atom is 0.0474 e. The van der Waals surface area contributed by atoms with Gasteiger partial charge in [-0.3, -0.25) is 0 Å². The van der Waals surface area contributed by atoms with Crippen molar-refractivity contribution in [3.63, 3.8) is 0 Å². The van der Waals surface area contributed by atoms with Crippen LogP contribution in [0.5, 0.6) is 0 Å². The zero-order valence-electron chi connectivity index (χ0n) is 10.7. The number of fused-ring (bicyclic) bond motifs is 1. The fraction of sp³-hybridized carbons (Fsp3) is 0.600. The van der Waals surface area contributed by atoms with Crippen molar-refractivity contribution in [3.05, 3.63) is 35.4 Å². The zero-order chi connectivity index (χ0) is 11.9. The van der Waals surface area contributed by atoms with Gasteiger partial charge in [-0.2, -0.15) is 0 Å². The Morgan fingerprint density at radius 1 is 1.29 bits per heavy atom. The SMILES string of the molecule is COCCCNC1CCCCc2ccccc21. The molecule has 1 aromatic rings. The van der Waals surface area contributed by atoms with Crippen LogP contribution in [0.1, 0.15) is 42.9 Å². The van der Waals surface area contributed by atoms with Gasteiger partial charge in [0.05, 0.1) is 0 Å². The van der Waals surface area contributed by atoms with E-state index in [4.69, 9.17) is 4.74 Å². The Labute approximate surface area is 104 Å². The molecule has 2 heteroatoms. The summed E-state index contributed by atoms with van der Waals surface area (Å²) in [6.07, 6.45) is 6.26. The highest BCUT2D eigenvalue weighted by atomic mass is 16.5. The van der Waals surface area contributed by atoms with Crippen molar-refractivity contribution in [1.29, 1.82) is 0 Å². The molecule has 0 fully saturated rings. The molecule has 0 amide bonds. The largest absolute Gasteiger partial charge is 0.385 e. The van der Waals surface area contributed by atoms with Crippen LogP contribution in [0.3, 0.4) is 0 Å². The van der Waals surface area contributed by atoms with Crippen LogP contribution in [0.4, 0.5) is 0 Å². The highest BCUT2D eigenvalue weighted by Gasteiger charge is 2.16. The summed E-state index contributed by atoms with van der Waals surface area (Å²) in [4.78, 5) is 0. The van der Waals surface area contributed by atoms with Gasteiger partial charge in [-0.25, -0.2) is 0 Å². The van der Waals surface area contributed by atoms with E-state index in [1.807, 2.05) is 0 Å². The van der Waals surface area contributed by atoms with Gasteiger partial charge in [0.2, 0.25) is 0 Å². The number of nitrogens with one attached hydrogen (secondary N) is 1. The lowest BCUT2D eigenvalue weighted by atomic mass is 9.99. The molecule has 17 heavy (non-hydrogen) atoms. The topological polar surface area (TPSA) is 21.3 Å². The molecule has 0 saturated carbocycles. The van der Waals surface area contributed by atoms with Crippen LogP contribution < -0.4 is 5.32 Å². The molecule has 94 valence electrons. The van der Waals surface area contributed by atoms with Crippen LogP contribution in [-0.4, -0.2) is 20.3 Å². The van der Waals surface area contributed by atoms with E-state index in [-0.39, 0.29) is 0 Å². The third kappa shape index (κ3) is 3.55. The fourth-order valence-corrected chi connectivity index (χ4v) is 2.63. The second kappa shape index (κ2) is 6.77. The van der Waals surface area contributed by atoms with Gasteiger partial charge in [0.25, 0.3) is 0 Å². The summed E-state index contributed by atoms with van der Waals surface area (Å²) in [6.45, 7) is 1.90. The number of methoxy groups -OCH3 is 1. The predicted molar refractivity (Wildman–Crippen MR) is 71.2 cm³/mol. The van der Waals surface area contributed by atoms with Crippen LogP contribution in [0.2, 0.25) is 0 Å². The van der Waals surface area contributed by atoms with Gasteiger partial charge in [-0.1, -0.05) is 30.7 Å². The lowest BCUT2D eigenvalue weighted by Gasteiger charge is -2.19. The van der Waals surface area contributed by atoms with Crippen molar-refractivity contribution in [2.75, 3.05) is 20.3 Å². The summed E-state index contributed by atoms with van der Waals surface area (Å²) in [5.74, 6) is 0. The normalized spacial score (nSPS) is 19.7. The molecule has 1 aliphatic carbocycles. The molecule has 2 nitrogen and oxygen atoms in total. The maximum absolute atomic E-state index is 5.09. The number of ether oxygens (including phenoxy) is 1. The molecule has 0 aliphatic heterocycles. The van der Waals surface area contributed by atoms with Crippen LogP contribution in [0.15, 0.2) is 24.3 Å². The lowest BCUT2D eigenvalue weighted by Crippen LogP contribution is -2.23. The van der Waals surface area contributed by atoms with Gasteiger partial charge in [-0.05, 0) is 43.4 Å². The van der Waals surface area contributed by atoms with Crippen molar-refractivity contribution < 1.29 is 4.74 Å². The molecule has 1 aliphatic rings. The Hall–Kier alpha value is -0.860. The van der Waals surface area contributed by atoms with Gasteiger partial charge in [0, 0.05) is 19.8 Å². The molecule has 0 saturated heterocycles. The summed E-state index contributed by atoms with van der Waals surface area (Å²) in [6, 6.07) is 9.43. The number of aryl methyl sites for hydroxylation is 1. The van der Waals surface area contributed by atoms with E-state index < -0.39 is 0 Å². The minimum Gasteiger partial charge on any atom is -0.385 e. The molecule has 1 aromatic carbocycles. The maximum atomic E-state index is 5.09. The van der Waals surface area contributed by atoms with E-state index in [9.17, 15) is 0 Å².